The first-order valence-electron chi connectivity index (χ1n) is 9.50. The normalized spacial score (nSPS) is 25.7. The van der Waals surface area contributed by atoms with Gasteiger partial charge in [-0.1, -0.05) is 0 Å². The van der Waals surface area contributed by atoms with E-state index < -0.39 is 59.1 Å². The molecule has 2 heterocycles. The van der Waals surface area contributed by atoms with Gasteiger partial charge in [-0.3, -0.25) is 4.79 Å². The Morgan fingerprint density at radius 1 is 0.875 bits per heavy atom. The van der Waals surface area contributed by atoms with E-state index in [0.717, 1.165) is 24.3 Å². The van der Waals surface area contributed by atoms with Gasteiger partial charge in [0.1, 0.15) is 40.8 Å². The number of hydrogen-bond donors (Lipinski definition) is 7. The SMILES string of the molecule is C[C@H]1O[C@@H](Oc2c(-c3ccc(O)c(O)c3)oc3cc(O)cc(O)c3c2=O)[C@H](O)[C@@H](O)[C@@H]1O. The van der Waals surface area contributed by atoms with Gasteiger partial charge in [-0.25, -0.2) is 0 Å². The van der Waals surface area contributed by atoms with E-state index in [1.165, 1.54) is 13.0 Å². The lowest BCUT2D eigenvalue weighted by atomic mass is 10.00. The van der Waals surface area contributed by atoms with E-state index >= 15 is 0 Å². The molecule has 0 spiro atoms. The third-order valence-electron chi connectivity index (χ3n) is 5.20. The van der Waals surface area contributed by atoms with Crippen molar-refractivity contribution in [1.29, 1.82) is 0 Å². The molecule has 1 saturated heterocycles. The summed E-state index contributed by atoms with van der Waals surface area (Å²) < 4.78 is 16.6. The standard InChI is InChI=1S/C21H20O11/c1-7-15(26)17(28)18(29)21(30-7)32-20-16(27)14-12(25)5-9(22)6-13(14)31-19(20)8-2-3-10(23)11(24)4-8/h2-7,15,17-18,21-26,28-29H,1H3/t7-,15-,17+,18-,21+/m1/s1. The lowest BCUT2D eigenvalue weighted by molar-refractivity contribution is -0.268. The highest BCUT2D eigenvalue weighted by Gasteiger charge is 2.44. The van der Waals surface area contributed by atoms with Crippen LogP contribution in [0.3, 0.4) is 0 Å². The van der Waals surface area contributed by atoms with Crippen LogP contribution in [0.5, 0.6) is 28.7 Å². The van der Waals surface area contributed by atoms with Gasteiger partial charge in [0.05, 0.1) is 6.10 Å². The number of aromatic hydroxyl groups is 4. The fourth-order valence-electron chi connectivity index (χ4n) is 3.46. The summed E-state index contributed by atoms with van der Waals surface area (Å²) in [5, 5.41) is 69.2. The number of phenolic OH excluding ortho intramolecular Hbond substituents is 4. The molecule has 170 valence electrons. The van der Waals surface area contributed by atoms with Crippen LogP contribution in [-0.4, -0.2) is 66.5 Å². The summed E-state index contributed by atoms with van der Waals surface area (Å²) in [6, 6.07) is 5.51. The molecule has 1 aliphatic rings. The zero-order chi connectivity index (χ0) is 23.3. The smallest absolute Gasteiger partial charge is 0.239 e. The van der Waals surface area contributed by atoms with Crippen molar-refractivity contribution in [3.8, 4) is 40.1 Å². The monoisotopic (exact) mass is 448 g/mol. The van der Waals surface area contributed by atoms with Gasteiger partial charge in [-0.05, 0) is 25.1 Å². The van der Waals surface area contributed by atoms with Crippen molar-refractivity contribution in [3.05, 3.63) is 40.6 Å². The van der Waals surface area contributed by atoms with E-state index in [4.69, 9.17) is 13.9 Å². The summed E-state index contributed by atoms with van der Waals surface area (Å²) in [6.45, 7) is 1.42. The highest BCUT2D eigenvalue weighted by Crippen LogP contribution is 2.39. The van der Waals surface area contributed by atoms with Crippen molar-refractivity contribution in [2.24, 2.45) is 0 Å². The molecule has 5 atom stereocenters. The van der Waals surface area contributed by atoms with Crippen LogP contribution < -0.4 is 10.2 Å². The molecule has 0 radical (unpaired) electrons. The van der Waals surface area contributed by atoms with E-state index in [2.05, 4.69) is 0 Å². The van der Waals surface area contributed by atoms with E-state index in [-0.39, 0.29) is 28.0 Å². The second-order valence-corrected chi connectivity index (χ2v) is 7.43. The van der Waals surface area contributed by atoms with Gasteiger partial charge in [-0.15, -0.1) is 0 Å². The quantitative estimate of drug-likeness (QED) is 0.276. The van der Waals surface area contributed by atoms with Crippen LogP contribution in [0.1, 0.15) is 6.92 Å². The predicted molar refractivity (Wildman–Crippen MR) is 108 cm³/mol. The number of ether oxygens (including phenoxy) is 2. The maximum Gasteiger partial charge on any atom is 0.239 e. The molecule has 3 aromatic rings. The maximum absolute atomic E-state index is 13.2. The summed E-state index contributed by atoms with van der Waals surface area (Å²) in [6.07, 6.45) is -7.35. The molecule has 1 aromatic heterocycles. The van der Waals surface area contributed by atoms with E-state index in [9.17, 15) is 40.5 Å². The van der Waals surface area contributed by atoms with Crippen LogP contribution in [0.4, 0.5) is 0 Å². The first kappa shape index (κ1) is 21.7. The number of fused-ring (bicyclic) bond motifs is 1. The van der Waals surface area contributed by atoms with Crippen LogP contribution >= 0.6 is 0 Å². The van der Waals surface area contributed by atoms with E-state index in [1.807, 2.05) is 0 Å². The minimum Gasteiger partial charge on any atom is -0.508 e. The fraction of sp³-hybridized carbons (Fsp3) is 0.286. The van der Waals surface area contributed by atoms with Gasteiger partial charge in [0.25, 0.3) is 0 Å². The molecule has 32 heavy (non-hydrogen) atoms. The summed E-state index contributed by atoms with van der Waals surface area (Å²) in [5.41, 5.74) is -1.05. The highest BCUT2D eigenvalue weighted by atomic mass is 16.7. The minimum atomic E-state index is -1.74. The molecule has 2 aromatic carbocycles. The molecule has 0 bridgehead atoms. The molecular formula is C21H20O11. The minimum absolute atomic E-state index is 0.0658. The number of rotatable bonds is 3. The molecule has 1 fully saturated rings. The van der Waals surface area contributed by atoms with Crippen LogP contribution in [0.15, 0.2) is 39.5 Å². The Morgan fingerprint density at radius 2 is 1.59 bits per heavy atom. The number of aliphatic hydroxyl groups excluding tert-OH is 3. The third-order valence-corrected chi connectivity index (χ3v) is 5.20. The second-order valence-electron chi connectivity index (χ2n) is 7.43. The molecule has 4 rings (SSSR count). The van der Waals surface area contributed by atoms with Crippen molar-refractivity contribution >= 4 is 11.0 Å². The Bertz CT molecular complexity index is 1230. The molecule has 0 aliphatic carbocycles. The Kier molecular flexibility index (Phi) is 5.34. The topological polar surface area (TPSA) is 190 Å². The van der Waals surface area contributed by atoms with Gasteiger partial charge >= 0.3 is 0 Å². The third kappa shape index (κ3) is 3.56. The lowest BCUT2D eigenvalue weighted by Gasteiger charge is -2.38. The zero-order valence-electron chi connectivity index (χ0n) is 16.5. The van der Waals surface area contributed by atoms with Crippen LogP contribution in [-0.2, 0) is 4.74 Å². The second kappa shape index (κ2) is 7.88. The van der Waals surface area contributed by atoms with Crippen molar-refractivity contribution in [2.75, 3.05) is 0 Å². The largest absolute Gasteiger partial charge is 0.508 e. The Labute approximate surface area is 179 Å². The van der Waals surface area contributed by atoms with Crippen LogP contribution in [0.2, 0.25) is 0 Å². The molecule has 0 saturated carbocycles. The van der Waals surface area contributed by atoms with Gasteiger partial charge in [-0.2, -0.15) is 0 Å². The molecular weight excluding hydrogens is 428 g/mol. The number of hydrogen-bond acceptors (Lipinski definition) is 11. The number of aliphatic hydroxyl groups is 3. The van der Waals surface area contributed by atoms with Crippen molar-refractivity contribution in [3.63, 3.8) is 0 Å². The average molecular weight is 448 g/mol. The Balaban J connectivity index is 1.92. The van der Waals surface area contributed by atoms with Gasteiger partial charge in [0.2, 0.25) is 17.5 Å². The fourth-order valence-corrected chi connectivity index (χ4v) is 3.46. The summed E-state index contributed by atoms with van der Waals surface area (Å²) in [7, 11) is 0. The van der Waals surface area contributed by atoms with Crippen LogP contribution in [0, 0.1) is 0 Å². The first-order chi connectivity index (χ1) is 15.1. The van der Waals surface area contributed by atoms with E-state index in [1.54, 1.807) is 0 Å². The molecule has 7 N–H and O–H groups in total. The van der Waals surface area contributed by atoms with Gasteiger partial charge in [0, 0.05) is 17.7 Å². The zero-order valence-corrected chi connectivity index (χ0v) is 16.5. The average Bonchev–Trinajstić information content (AvgIpc) is 2.73. The van der Waals surface area contributed by atoms with E-state index in [0.29, 0.717) is 0 Å². The van der Waals surface area contributed by atoms with Gasteiger partial charge < -0.3 is 49.6 Å². The lowest BCUT2D eigenvalue weighted by Crippen LogP contribution is -2.58. The predicted octanol–water partition coefficient (Wildman–Crippen LogP) is 0.489. The summed E-state index contributed by atoms with van der Waals surface area (Å²) >= 11 is 0. The molecule has 0 amide bonds. The molecule has 11 nitrogen and oxygen atoms in total. The first-order valence-corrected chi connectivity index (χ1v) is 9.50. The molecule has 11 heteroatoms. The number of phenols is 4. The van der Waals surface area contributed by atoms with Crippen molar-refractivity contribution in [1.82, 2.24) is 0 Å². The maximum atomic E-state index is 13.2. The highest BCUT2D eigenvalue weighted by molar-refractivity contribution is 5.88. The summed E-state index contributed by atoms with van der Waals surface area (Å²) in [5.74, 6) is -2.80. The van der Waals surface area contributed by atoms with Crippen LogP contribution in [0.25, 0.3) is 22.3 Å². The Hall–Kier alpha value is -3.51. The summed E-state index contributed by atoms with van der Waals surface area (Å²) in [4.78, 5) is 13.2. The number of benzene rings is 2. The van der Waals surface area contributed by atoms with Gasteiger partial charge in [0.15, 0.2) is 17.3 Å². The molecule has 1 aliphatic heterocycles. The molecule has 0 unspecified atom stereocenters. The van der Waals surface area contributed by atoms with Crippen molar-refractivity contribution in [2.45, 2.75) is 37.6 Å². The Morgan fingerprint density at radius 3 is 2.28 bits per heavy atom. The van der Waals surface area contributed by atoms with Crippen molar-refractivity contribution < 1.29 is 49.6 Å².